The van der Waals surface area contributed by atoms with Crippen molar-refractivity contribution in [2.24, 2.45) is 0 Å². The van der Waals surface area contributed by atoms with Gasteiger partial charge in [-0.3, -0.25) is 4.79 Å². The van der Waals surface area contributed by atoms with Gasteiger partial charge in [0.05, 0.1) is 11.1 Å². The number of carbonyl (C=O) groups is 1. The topological polar surface area (TPSA) is 17.1 Å². The zero-order valence-electron chi connectivity index (χ0n) is 9.84. The third-order valence-corrected chi connectivity index (χ3v) is 2.63. The molecule has 2 rings (SSSR count). The van der Waals surface area contributed by atoms with Crippen LogP contribution in [-0.4, -0.2) is 5.78 Å². The van der Waals surface area contributed by atoms with Crippen LogP contribution in [0.4, 0.5) is 22.0 Å². The van der Waals surface area contributed by atoms with Gasteiger partial charge in [0.1, 0.15) is 11.6 Å². The third kappa shape index (κ3) is 2.84. The van der Waals surface area contributed by atoms with Gasteiger partial charge >= 0.3 is 6.18 Å². The Morgan fingerprint density at radius 2 is 1.65 bits per heavy atom. The van der Waals surface area contributed by atoms with E-state index in [1.165, 1.54) is 0 Å². The highest BCUT2D eigenvalue weighted by molar-refractivity contribution is 6.09. The van der Waals surface area contributed by atoms with E-state index < -0.39 is 34.7 Å². The van der Waals surface area contributed by atoms with Crippen LogP contribution in [0.1, 0.15) is 21.5 Å². The van der Waals surface area contributed by atoms with Crippen LogP contribution >= 0.6 is 0 Å². The predicted octanol–water partition coefficient (Wildman–Crippen LogP) is 4.21. The second kappa shape index (κ2) is 5.03. The van der Waals surface area contributed by atoms with Crippen molar-refractivity contribution in [1.29, 1.82) is 0 Å². The summed E-state index contributed by atoms with van der Waals surface area (Å²) in [7, 11) is 0. The van der Waals surface area contributed by atoms with Gasteiger partial charge in [0.15, 0.2) is 5.78 Å². The van der Waals surface area contributed by atoms with E-state index in [1.807, 2.05) is 0 Å². The highest BCUT2D eigenvalue weighted by Gasteiger charge is 2.31. The standard InChI is InChI=1S/C14H7F5O/c15-10-4-5-12(16)11(7-10)13(20)8-2-1-3-9(6-8)14(17,18)19/h1-7H. The van der Waals surface area contributed by atoms with Crippen LogP contribution in [0.2, 0.25) is 0 Å². The van der Waals surface area contributed by atoms with Crippen LogP contribution in [0, 0.1) is 11.6 Å². The van der Waals surface area contributed by atoms with E-state index in [4.69, 9.17) is 0 Å². The van der Waals surface area contributed by atoms with Gasteiger partial charge in [-0.1, -0.05) is 12.1 Å². The molecule has 6 heteroatoms. The molecule has 0 unspecified atom stereocenters. The highest BCUT2D eigenvalue weighted by atomic mass is 19.4. The molecule has 0 heterocycles. The van der Waals surface area contributed by atoms with Crippen LogP contribution in [0.25, 0.3) is 0 Å². The first-order valence-corrected chi connectivity index (χ1v) is 5.46. The van der Waals surface area contributed by atoms with E-state index in [1.54, 1.807) is 0 Å². The lowest BCUT2D eigenvalue weighted by Gasteiger charge is -2.08. The first-order chi connectivity index (χ1) is 9.29. The van der Waals surface area contributed by atoms with Gasteiger partial charge in [0, 0.05) is 5.56 Å². The van der Waals surface area contributed by atoms with Crippen molar-refractivity contribution in [1.82, 2.24) is 0 Å². The van der Waals surface area contributed by atoms with E-state index in [-0.39, 0.29) is 5.56 Å². The van der Waals surface area contributed by atoms with Crippen molar-refractivity contribution < 1.29 is 26.7 Å². The minimum atomic E-state index is -4.61. The Kier molecular flexibility index (Phi) is 3.57. The molecule has 0 spiro atoms. The molecule has 1 nitrogen and oxygen atoms in total. The molecule has 0 aliphatic heterocycles. The average molecular weight is 286 g/mol. The van der Waals surface area contributed by atoms with E-state index in [9.17, 15) is 26.7 Å². The second-order valence-electron chi connectivity index (χ2n) is 4.03. The molecular formula is C14H7F5O. The molecule has 0 saturated carbocycles. The number of ketones is 1. The minimum Gasteiger partial charge on any atom is -0.288 e. The fraction of sp³-hybridized carbons (Fsp3) is 0.0714. The van der Waals surface area contributed by atoms with Gasteiger partial charge in [-0.15, -0.1) is 0 Å². The van der Waals surface area contributed by atoms with E-state index in [0.717, 1.165) is 30.3 Å². The molecule has 0 bridgehead atoms. The molecule has 0 radical (unpaired) electrons. The normalized spacial score (nSPS) is 11.4. The van der Waals surface area contributed by atoms with Gasteiger partial charge < -0.3 is 0 Å². The molecule has 0 amide bonds. The monoisotopic (exact) mass is 286 g/mol. The Balaban J connectivity index is 2.46. The Labute approximate surface area is 110 Å². The molecule has 0 aliphatic rings. The van der Waals surface area contributed by atoms with Crippen LogP contribution in [0.15, 0.2) is 42.5 Å². The molecule has 0 atom stereocenters. The number of benzene rings is 2. The fourth-order valence-electron chi connectivity index (χ4n) is 1.66. The maximum absolute atomic E-state index is 13.4. The summed E-state index contributed by atoms with van der Waals surface area (Å²) in [5.41, 5.74) is -1.99. The zero-order valence-corrected chi connectivity index (χ0v) is 9.84. The number of carbonyl (C=O) groups excluding carboxylic acids is 1. The second-order valence-corrected chi connectivity index (χ2v) is 4.03. The van der Waals surface area contributed by atoms with Crippen molar-refractivity contribution in [3.05, 3.63) is 70.8 Å². The smallest absolute Gasteiger partial charge is 0.288 e. The lowest BCUT2D eigenvalue weighted by molar-refractivity contribution is -0.137. The largest absolute Gasteiger partial charge is 0.416 e. The summed E-state index contributed by atoms with van der Waals surface area (Å²) in [5, 5.41) is 0. The van der Waals surface area contributed by atoms with Crippen molar-refractivity contribution in [3.63, 3.8) is 0 Å². The maximum atomic E-state index is 13.4. The van der Waals surface area contributed by atoms with Gasteiger partial charge in [-0.05, 0) is 30.3 Å². The molecule has 0 aromatic heterocycles. The van der Waals surface area contributed by atoms with Crippen molar-refractivity contribution in [3.8, 4) is 0 Å². The molecule has 0 fully saturated rings. The van der Waals surface area contributed by atoms with Crippen molar-refractivity contribution >= 4 is 5.78 Å². The number of rotatable bonds is 2. The lowest BCUT2D eigenvalue weighted by atomic mass is 10.0. The summed E-state index contributed by atoms with van der Waals surface area (Å²) in [6.07, 6.45) is -4.61. The van der Waals surface area contributed by atoms with Crippen molar-refractivity contribution in [2.75, 3.05) is 0 Å². The van der Waals surface area contributed by atoms with Crippen LogP contribution < -0.4 is 0 Å². The van der Waals surface area contributed by atoms with Crippen LogP contribution in [0.5, 0.6) is 0 Å². The summed E-state index contributed by atoms with van der Waals surface area (Å²) in [5.74, 6) is -2.84. The SMILES string of the molecule is O=C(c1cccc(C(F)(F)F)c1)c1cc(F)ccc1F. The van der Waals surface area contributed by atoms with Crippen LogP contribution in [0.3, 0.4) is 0 Å². The molecule has 104 valence electrons. The number of alkyl halides is 3. The van der Waals surface area contributed by atoms with Gasteiger partial charge in [0.2, 0.25) is 0 Å². The van der Waals surface area contributed by atoms with E-state index >= 15 is 0 Å². The number of hydrogen-bond donors (Lipinski definition) is 0. The number of halogens is 5. The summed E-state index contributed by atoms with van der Waals surface area (Å²) >= 11 is 0. The maximum Gasteiger partial charge on any atom is 0.416 e. The molecule has 0 aliphatic carbocycles. The Morgan fingerprint density at radius 3 is 2.30 bits per heavy atom. The highest BCUT2D eigenvalue weighted by Crippen LogP contribution is 2.30. The van der Waals surface area contributed by atoms with Gasteiger partial charge in [-0.25, -0.2) is 8.78 Å². The van der Waals surface area contributed by atoms with Gasteiger partial charge in [0.25, 0.3) is 0 Å². The van der Waals surface area contributed by atoms with Gasteiger partial charge in [-0.2, -0.15) is 13.2 Å². The zero-order chi connectivity index (χ0) is 14.9. The summed E-state index contributed by atoms with van der Waals surface area (Å²) in [4.78, 5) is 11.9. The predicted molar refractivity (Wildman–Crippen MR) is 61.2 cm³/mol. The Bertz CT molecular complexity index is 661. The average Bonchev–Trinajstić information content (AvgIpc) is 2.40. The molecule has 2 aromatic rings. The summed E-state index contributed by atoms with van der Waals surface area (Å²) < 4.78 is 64.0. The quantitative estimate of drug-likeness (QED) is 0.597. The minimum absolute atomic E-state index is 0.357. The summed E-state index contributed by atoms with van der Waals surface area (Å²) in [6, 6.07) is 5.76. The first-order valence-electron chi connectivity index (χ1n) is 5.46. The molecule has 20 heavy (non-hydrogen) atoms. The summed E-state index contributed by atoms with van der Waals surface area (Å²) in [6.45, 7) is 0. The fourth-order valence-corrected chi connectivity index (χ4v) is 1.66. The van der Waals surface area contributed by atoms with E-state index in [2.05, 4.69) is 0 Å². The lowest BCUT2D eigenvalue weighted by Crippen LogP contribution is -2.09. The molecule has 2 aromatic carbocycles. The van der Waals surface area contributed by atoms with Crippen molar-refractivity contribution in [2.45, 2.75) is 6.18 Å². The first kappa shape index (κ1) is 14.2. The van der Waals surface area contributed by atoms with Crippen LogP contribution in [-0.2, 0) is 6.18 Å². The number of hydrogen-bond acceptors (Lipinski definition) is 1. The molecule has 0 saturated heterocycles. The molecule has 0 N–H and O–H groups in total. The molecular weight excluding hydrogens is 279 g/mol. The Morgan fingerprint density at radius 1 is 0.950 bits per heavy atom. The Hall–Kier alpha value is -2.24. The van der Waals surface area contributed by atoms with E-state index in [0.29, 0.717) is 12.1 Å². The third-order valence-electron chi connectivity index (χ3n) is 2.63.